The normalized spacial score (nSPS) is 19.5. The molecular formula is C15H22FNO2. The predicted octanol–water partition coefficient (Wildman–Crippen LogP) is 2.84. The number of ether oxygens (including phenoxy) is 1. The third-order valence-corrected chi connectivity index (χ3v) is 4.02. The summed E-state index contributed by atoms with van der Waals surface area (Å²) in [7, 11) is 1.46. The van der Waals surface area contributed by atoms with Crippen LogP contribution in [0.4, 0.5) is 4.39 Å². The SMILES string of the molecule is COc1c(C)c(F)c(C)c(CC2CCCCN2)c1O. The molecule has 19 heavy (non-hydrogen) atoms. The van der Waals surface area contributed by atoms with Gasteiger partial charge in [-0.25, -0.2) is 4.39 Å². The van der Waals surface area contributed by atoms with Crippen LogP contribution in [0.3, 0.4) is 0 Å². The van der Waals surface area contributed by atoms with Crippen molar-refractivity contribution in [1.29, 1.82) is 0 Å². The minimum absolute atomic E-state index is 0.0891. The molecular weight excluding hydrogens is 245 g/mol. The molecule has 0 spiro atoms. The summed E-state index contributed by atoms with van der Waals surface area (Å²) in [6.45, 7) is 4.35. The summed E-state index contributed by atoms with van der Waals surface area (Å²) in [6, 6.07) is 0.310. The van der Waals surface area contributed by atoms with E-state index in [4.69, 9.17) is 4.74 Å². The average Bonchev–Trinajstić information content (AvgIpc) is 2.43. The van der Waals surface area contributed by atoms with Crippen LogP contribution < -0.4 is 10.1 Å². The van der Waals surface area contributed by atoms with Gasteiger partial charge in [0.15, 0.2) is 11.5 Å². The first-order valence-electron chi connectivity index (χ1n) is 6.84. The Kier molecular flexibility index (Phi) is 4.30. The fraction of sp³-hybridized carbons (Fsp3) is 0.600. The van der Waals surface area contributed by atoms with Crippen molar-refractivity contribution in [2.75, 3.05) is 13.7 Å². The largest absolute Gasteiger partial charge is 0.504 e. The lowest BCUT2D eigenvalue weighted by atomic mass is 9.92. The number of halogens is 1. The lowest BCUT2D eigenvalue weighted by Crippen LogP contribution is -2.35. The zero-order chi connectivity index (χ0) is 14.0. The lowest BCUT2D eigenvalue weighted by molar-refractivity contribution is 0.355. The van der Waals surface area contributed by atoms with Crippen LogP contribution in [0, 0.1) is 19.7 Å². The molecule has 1 unspecified atom stereocenters. The molecule has 1 aliphatic rings. The number of methoxy groups -OCH3 is 1. The Morgan fingerprint density at radius 2 is 2.05 bits per heavy atom. The van der Waals surface area contributed by atoms with Crippen LogP contribution in [0.15, 0.2) is 0 Å². The van der Waals surface area contributed by atoms with Crippen LogP contribution in [0.25, 0.3) is 0 Å². The molecule has 1 atom stereocenters. The zero-order valence-corrected chi connectivity index (χ0v) is 11.8. The van der Waals surface area contributed by atoms with Gasteiger partial charge in [-0.05, 0) is 45.2 Å². The van der Waals surface area contributed by atoms with E-state index in [-0.39, 0.29) is 17.3 Å². The number of hydrogen-bond acceptors (Lipinski definition) is 3. The highest BCUT2D eigenvalue weighted by atomic mass is 19.1. The van der Waals surface area contributed by atoms with Crippen LogP contribution in [-0.2, 0) is 6.42 Å². The number of nitrogens with one attached hydrogen (secondary N) is 1. The maximum Gasteiger partial charge on any atom is 0.166 e. The standard InChI is InChI=1S/C15H22FNO2/c1-9-12(8-11-6-4-5-7-17-11)14(18)15(19-3)10(2)13(9)16/h11,17-18H,4-8H2,1-3H3. The van der Waals surface area contributed by atoms with Gasteiger partial charge >= 0.3 is 0 Å². The zero-order valence-electron chi connectivity index (χ0n) is 11.8. The minimum atomic E-state index is -0.277. The number of rotatable bonds is 3. The third-order valence-electron chi connectivity index (χ3n) is 4.02. The van der Waals surface area contributed by atoms with Gasteiger partial charge in [-0.15, -0.1) is 0 Å². The second-order valence-corrected chi connectivity index (χ2v) is 5.28. The molecule has 0 bridgehead atoms. The van der Waals surface area contributed by atoms with Gasteiger partial charge in [0.1, 0.15) is 5.82 Å². The number of hydrogen-bond donors (Lipinski definition) is 2. The Morgan fingerprint density at radius 1 is 1.32 bits per heavy atom. The van der Waals surface area contributed by atoms with Crippen LogP contribution in [0.5, 0.6) is 11.5 Å². The molecule has 1 aromatic rings. The number of benzene rings is 1. The molecule has 1 fully saturated rings. The summed E-state index contributed by atoms with van der Waals surface area (Å²) in [4.78, 5) is 0. The molecule has 0 aliphatic carbocycles. The van der Waals surface area contributed by atoms with Crippen molar-refractivity contribution in [3.05, 3.63) is 22.5 Å². The van der Waals surface area contributed by atoms with Crippen molar-refractivity contribution in [2.24, 2.45) is 0 Å². The van der Waals surface area contributed by atoms with Crippen LogP contribution in [-0.4, -0.2) is 24.8 Å². The smallest absolute Gasteiger partial charge is 0.166 e. The Bertz CT molecular complexity index is 468. The maximum absolute atomic E-state index is 14.2. The van der Waals surface area contributed by atoms with E-state index in [2.05, 4.69) is 5.32 Å². The quantitative estimate of drug-likeness (QED) is 0.885. The first-order chi connectivity index (χ1) is 9.06. The first-order valence-corrected chi connectivity index (χ1v) is 6.84. The van der Waals surface area contributed by atoms with E-state index in [1.54, 1.807) is 13.8 Å². The van der Waals surface area contributed by atoms with Gasteiger partial charge in [-0.1, -0.05) is 6.42 Å². The van der Waals surface area contributed by atoms with E-state index in [0.29, 0.717) is 29.2 Å². The molecule has 3 nitrogen and oxygen atoms in total. The van der Waals surface area contributed by atoms with Gasteiger partial charge in [0, 0.05) is 17.2 Å². The minimum Gasteiger partial charge on any atom is -0.504 e. The van der Waals surface area contributed by atoms with Crippen molar-refractivity contribution in [3.8, 4) is 11.5 Å². The molecule has 1 aliphatic heterocycles. The molecule has 1 aromatic carbocycles. The topological polar surface area (TPSA) is 41.5 Å². The monoisotopic (exact) mass is 267 g/mol. The summed E-state index contributed by atoms with van der Waals surface area (Å²) in [6.07, 6.45) is 4.08. The molecule has 4 heteroatoms. The summed E-state index contributed by atoms with van der Waals surface area (Å²) in [5.74, 6) is 0.0700. The third kappa shape index (κ3) is 2.68. The predicted molar refractivity (Wildman–Crippen MR) is 73.4 cm³/mol. The van der Waals surface area contributed by atoms with E-state index in [1.165, 1.54) is 20.0 Å². The van der Waals surface area contributed by atoms with Gasteiger partial charge in [0.05, 0.1) is 7.11 Å². The van der Waals surface area contributed by atoms with E-state index >= 15 is 0 Å². The Hall–Kier alpha value is -1.29. The summed E-state index contributed by atoms with van der Waals surface area (Å²) >= 11 is 0. The Morgan fingerprint density at radius 3 is 2.63 bits per heavy atom. The van der Waals surface area contributed by atoms with Gasteiger partial charge in [-0.3, -0.25) is 0 Å². The van der Waals surface area contributed by atoms with Gasteiger partial charge < -0.3 is 15.2 Å². The van der Waals surface area contributed by atoms with Gasteiger partial charge in [0.2, 0.25) is 0 Å². The Balaban J connectivity index is 2.35. The highest BCUT2D eigenvalue weighted by molar-refractivity contribution is 5.55. The second kappa shape index (κ2) is 5.78. The number of phenolic OH excluding ortho intramolecular Hbond substituents is 1. The average molecular weight is 267 g/mol. The fourth-order valence-corrected chi connectivity index (χ4v) is 2.85. The van der Waals surface area contributed by atoms with E-state index in [0.717, 1.165) is 13.0 Å². The number of aromatic hydroxyl groups is 1. The first kappa shape index (κ1) is 14.1. The highest BCUT2D eigenvalue weighted by Gasteiger charge is 2.23. The van der Waals surface area contributed by atoms with Crippen LogP contribution in [0.1, 0.15) is 36.0 Å². The molecule has 0 radical (unpaired) electrons. The maximum atomic E-state index is 14.2. The molecule has 0 amide bonds. The molecule has 106 valence electrons. The van der Waals surface area contributed by atoms with Crippen molar-refractivity contribution in [3.63, 3.8) is 0 Å². The van der Waals surface area contributed by atoms with Gasteiger partial charge in [0.25, 0.3) is 0 Å². The van der Waals surface area contributed by atoms with Crippen LogP contribution >= 0.6 is 0 Å². The molecule has 2 N–H and O–H groups in total. The van der Waals surface area contributed by atoms with E-state index < -0.39 is 0 Å². The summed E-state index contributed by atoms with van der Waals surface area (Å²) in [5, 5.41) is 13.7. The molecule has 1 saturated heterocycles. The van der Waals surface area contributed by atoms with Crippen molar-refractivity contribution < 1.29 is 14.2 Å². The lowest BCUT2D eigenvalue weighted by Gasteiger charge is -2.25. The summed E-state index contributed by atoms with van der Waals surface area (Å²) in [5.41, 5.74) is 1.57. The van der Waals surface area contributed by atoms with Crippen LogP contribution in [0.2, 0.25) is 0 Å². The van der Waals surface area contributed by atoms with Crippen molar-refractivity contribution in [1.82, 2.24) is 5.32 Å². The molecule has 1 heterocycles. The van der Waals surface area contributed by atoms with Gasteiger partial charge in [-0.2, -0.15) is 0 Å². The number of piperidine rings is 1. The van der Waals surface area contributed by atoms with Crippen molar-refractivity contribution in [2.45, 2.75) is 45.6 Å². The highest BCUT2D eigenvalue weighted by Crippen LogP contribution is 2.38. The molecule has 2 rings (SSSR count). The second-order valence-electron chi connectivity index (χ2n) is 5.28. The van der Waals surface area contributed by atoms with E-state index in [9.17, 15) is 9.50 Å². The number of phenols is 1. The summed E-state index contributed by atoms with van der Waals surface area (Å²) < 4.78 is 19.3. The fourth-order valence-electron chi connectivity index (χ4n) is 2.85. The van der Waals surface area contributed by atoms with E-state index in [1.807, 2.05) is 0 Å². The molecule has 0 aromatic heterocycles. The Labute approximate surface area is 113 Å². The molecule has 0 saturated carbocycles. The van der Waals surface area contributed by atoms with Crippen molar-refractivity contribution >= 4 is 0 Å².